The lowest BCUT2D eigenvalue weighted by Crippen LogP contribution is -2.10. The SMILES string of the molecule is CCc1nnc(NCCCCCCN)nc1CC. The van der Waals surface area contributed by atoms with Gasteiger partial charge in [-0.1, -0.05) is 26.7 Å². The van der Waals surface area contributed by atoms with Crippen molar-refractivity contribution in [3.05, 3.63) is 11.4 Å². The van der Waals surface area contributed by atoms with Gasteiger partial charge in [0.15, 0.2) is 0 Å². The fourth-order valence-electron chi connectivity index (χ4n) is 1.84. The zero-order chi connectivity index (χ0) is 13.2. The van der Waals surface area contributed by atoms with Crippen molar-refractivity contribution in [2.75, 3.05) is 18.4 Å². The van der Waals surface area contributed by atoms with Crippen LogP contribution in [0.5, 0.6) is 0 Å². The number of aryl methyl sites for hydroxylation is 2. The first-order chi connectivity index (χ1) is 8.81. The number of nitrogens with zero attached hydrogens (tertiary/aromatic N) is 3. The molecule has 1 aromatic rings. The number of hydrogen-bond donors (Lipinski definition) is 2. The van der Waals surface area contributed by atoms with E-state index in [0.29, 0.717) is 5.95 Å². The summed E-state index contributed by atoms with van der Waals surface area (Å²) in [6.07, 6.45) is 6.44. The molecule has 3 N–H and O–H groups in total. The zero-order valence-corrected chi connectivity index (χ0v) is 11.6. The Morgan fingerprint density at radius 2 is 1.67 bits per heavy atom. The lowest BCUT2D eigenvalue weighted by atomic mass is 10.2. The third-order valence-electron chi connectivity index (χ3n) is 2.92. The van der Waals surface area contributed by atoms with Gasteiger partial charge in [0.2, 0.25) is 5.95 Å². The molecule has 0 atom stereocenters. The molecule has 0 spiro atoms. The van der Waals surface area contributed by atoms with Crippen molar-refractivity contribution in [2.45, 2.75) is 52.4 Å². The summed E-state index contributed by atoms with van der Waals surface area (Å²) in [4.78, 5) is 4.49. The van der Waals surface area contributed by atoms with Gasteiger partial charge in [-0.15, -0.1) is 5.10 Å². The third kappa shape index (κ3) is 4.96. The maximum atomic E-state index is 5.45. The molecule has 1 rings (SSSR count). The Bertz CT molecular complexity index is 340. The summed E-state index contributed by atoms with van der Waals surface area (Å²) in [5.41, 5.74) is 7.51. The van der Waals surface area contributed by atoms with E-state index < -0.39 is 0 Å². The number of nitrogens with two attached hydrogens (primary N) is 1. The summed E-state index contributed by atoms with van der Waals surface area (Å²) < 4.78 is 0. The van der Waals surface area contributed by atoms with Crippen LogP contribution in [0.3, 0.4) is 0 Å². The normalized spacial score (nSPS) is 10.6. The van der Waals surface area contributed by atoms with Gasteiger partial charge in [-0.25, -0.2) is 4.98 Å². The van der Waals surface area contributed by atoms with Crippen molar-refractivity contribution in [1.29, 1.82) is 0 Å². The van der Waals surface area contributed by atoms with Crippen LogP contribution in [0.25, 0.3) is 0 Å². The van der Waals surface area contributed by atoms with E-state index in [4.69, 9.17) is 5.73 Å². The monoisotopic (exact) mass is 251 g/mol. The Morgan fingerprint density at radius 3 is 2.33 bits per heavy atom. The fourth-order valence-corrected chi connectivity index (χ4v) is 1.84. The minimum Gasteiger partial charge on any atom is -0.353 e. The fraction of sp³-hybridized carbons (Fsp3) is 0.769. The molecule has 0 aliphatic heterocycles. The molecule has 18 heavy (non-hydrogen) atoms. The second kappa shape index (κ2) is 8.80. The van der Waals surface area contributed by atoms with Crippen LogP contribution >= 0.6 is 0 Å². The number of rotatable bonds is 9. The van der Waals surface area contributed by atoms with Crippen LogP contribution in [0, 0.1) is 0 Å². The number of nitrogens with one attached hydrogen (secondary N) is 1. The summed E-state index contributed by atoms with van der Waals surface area (Å²) in [7, 11) is 0. The number of hydrogen-bond acceptors (Lipinski definition) is 5. The lowest BCUT2D eigenvalue weighted by Gasteiger charge is -2.07. The molecule has 0 aliphatic rings. The van der Waals surface area contributed by atoms with Crippen molar-refractivity contribution in [1.82, 2.24) is 15.2 Å². The highest BCUT2D eigenvalue weighted by molar-refractivity contribution is 5.25. The van der Waals surface area contributed by atoms with E-state index in [1.54, 1.807) is 0 Å². The third-order valence-corrected chi connectivity index (χ3v) is 2.92. The molecule has 5 nitrogen and oxygen atoms in total. The predicted molar refractivity (Wildman–Crippen MR) is 74.6 cm³/mol. The van der Waals surface area contributed by atoms with Crippen LogP contribution in [-0.2, 0) is 12.8 Å². The van der Waals surface area contributed by atoms with Crippen LogP contribution in [0.2, 0.25) is 0 Å². The molecule has 5 heteroatoms. The van der Waals surface area contributed by atoms with Crippen LogP contribution in [0.15, 0.2) is 0 Å². The maximum absolute atomic E-state index is 5.45. The molecule has 0 saturated heterocycles. The molecule has 1 aromatic heterocycles. The second-order valence-electron chi connectivity index (χ2n) is 4.37. The van der Waals surface area contributed by atoms with E-state index in [2.05, 4.69) is 34.3 Å². The molecule has 0 bridgehead atoms. The molecule has 102 valence electrons. The van der Waals surface area contributed by atoms with Gasteiger partial charge in [-0.3, -0.25) is 0 Å². The van der Waals surface area contributed by atoms with Crippen LogP contribution in [0.1, 0.15) is 50.9 Å². The summed E-state index contributed by atoms with van der Waals surface area (Å²) in [5.74, 6) is 0.655. The summed E-state index contributed by atoms with van der Waals surface area (Å²) in [6.45, 7) is 5.87. The largest absolute Gasteiger partial charge is 0.353 e. The highest BCUT2D eigenvalue weighted by Gasteiger charge is 2.05. The number of unbranched alkanes of at least 4 members (excludes halogenated alkanes) is 3. The Labute approximate surface area is 110 Å². The molecule has 1 heterocycles. The van der Waals surface area contributed by atoms with Crippen LogP contribution in [0.4, 0.5) is 5.95 Å². The highest BCUT2D eigenvalue weighted by Crippen LogP contribution is 2.07. The molecule has 0 aliphatic carbocycles. The molecule has 0 aromatic carbocycles. The van der Waals surface area contributed by atoms with Gasteiger partial charge in [-0.05, 0) is 32.2 Å². The Kier molecular flexibility index (Phi) is 7.25. The Balaban J connectivity index is 2.34. The number of aromatic nitrogens is 3. The van der Waals surface area contributed by atoms with E-state index in [9.17, 15) is 0 Å². The quantitative estimate of drug-likeness (QED) is 0.656. The van der Waals surface area contributed by atoms with Gasteiger partial charge in [0.1, 0.15) is 0 Å². The average Bonchev–Trinajstić information content (AvgIpc) is 2.42. The van der Waals surface area contributed by atoms with Gasteiger partial charge < -0.3 is 11.1 Å². The molecular weight excluding hydrogens is 226 g/mol. The Morgan fingerprint density at radius 1 is 0.944 bits per heavy atom. The van der Waals surface area contributed by atoms with Crippen molar-refractivity contribution >= 4 is 5.95 Å². The van der Waals surface area contributed by atoms with Crippen LogP contribution < -0.4 is 11.1 Å². The zero-order valence-electron chi connectivity index (χ0n) is 11.6. The molecule has 0 fully saturated rings. The second-order valence-corrected chi connectivity index (χ2v) is 4.37. The summed E-state index contributed by atoms with van der Waals surface area (Å²) in [5, 5.41) is 11.5. The van der Waals surface area contributed by atoms with Gasteiger partial charge in [0.25, 0.3) is 0 Å². The van der Waals surface area contributed by atoms with E-state index >= 15 is 0 Å². The maximum Gasteiger partial charge on any atom is 0.242 e. The first-order valence-corrected chi connectivity index (χ1v) is 6.98. The lowest BCUT2D eigenvalue weighted by molar-refractivity contribution is 0.659. The molecule has 0 saturated carbocycles. The summed E-state index contributed by atoms with van der Waals surface area (Å²) in [6, 6.07) is 0. The van der Waals surface area contributed by atoms with Crippen molar-refractivity contribution in [2.24, 2.45) is 5.73 Å². The van der Waals surface area contributed by atoms with Gasteiger partial charge >= 0.3 is 0 Å². The van der Waals surface area contributed by atoms with Crippen molar-refractivity contribution in [3.8, 4) is 0 Å². The van der Waals surface area contributed by atoms with E-state index in [1.165, 1.54) is 12.8 Å². The van der Waals surface area contributed by atoms with Crippen molar-refractivity contribution < 1.29 is 0 Å². The highest BCUT2D eigenvalue weighted by atomic mass is 15.2. The van der Waals surface area contributed by atoms with E-state index in [-0.39, 0.29) is 0 Å². The smallest absolute Gasteiger partial charge is 0.242 e. The first-order valence-electron chi connectivity index (χ1n) is 6.98. The van der Waals surface area contributed by atoms with Gasteiger partial charge in [0, 0.05) is 6.54 Å². The topological polar surface area (TPSA) is 76.7 Å². The van der Waals surface area contributed by atoms with Crippen LogP contribution in [-0.4, -0.2) is 28.3 Å². The summed E-state index contributed by atoms with van der Waals surface area (Å²) >= 11 is 0. The average molecular weight is 251 g/mol. The standard InChI is InChI=1S/C13H25N5/c1-3-11-12(4-2)17-18-13(16-11)15-10-8-6-5-7-9-14/h3-10,14H2,1-2H3,(H,15,16,18). The Hall–Kier alpha value is -1.23. The minimum absolute atomic E-state index is 0.655. The van der Waals surface area contributed by atoms with E-state index in [1.807, 2.05) is 0 Å². The molecule has 0 unspecified atom stereocenters. The van der Waals surface area contributed by atoms with Gasteiger partial charge in [0.05, 0.1) is 11.4 Å². The first kappa shape index (κ1) is 14.8. The van der Waals surface area contributed by atoms with Crippen molar-refractivity contribution in [3.63, 3.8) is 0 Å². The number of anilines is 1. The van der Waals surface area contributed by atoms with E-state index in [0.717, 1.165) is 50.2 Å². The predicted octanol–water partition coefficient (Wildman–Crippen LogP) is 1.93. The minimum atomic E-state index is 0.655. The molecule has 0 amide bonds. The molecular formula is C13H25N5. The van der Waals surface area contributed by atoms with Gasteiger partial charge in [-0.2, -0.15) is 5.10 Å². The molecule has 0 radical (unpaired) electrons.